The molecule has 0 amide bonds. The predicted molar refractivity (Wildman–Crippen MR) is 136 cm³/mol. The molecule has 37 heavy (non-hydrogen) atoms. The number of rotatable bonds is 6. The average Bonchev–Trinajstić information content (AvgIpc) is 3.05. The largest absolute Gasteiger partial charge is 0.460 e. The second-order valence-electron chi connectivity index (χ2n) is 13.8. The fraction of sp³-hybridized carbons (Fsp3) is 0.862. The lowest BCUT2D eigenvalue weighted by Gasteiger charge is -2.60. The molecule has 0 spiro atoms. The van der Waals surface area contributed by atoms with Crippen LogP contribution in [0.5, 0.6) is 0 Å². The standard InChI is InChI=1S/C29H46O8/c1-16(30)37-22-14-19-20(31)13-18-17(26(19,4)15-21(22)32)7-11-27(5)23(8-12-29(18,27)36)28(6,35)24(33)9-10-25(2,3)34/h13,17,19,21-24,32-36H,7-12,14-15H2,1-6H3/t17-,19-,21-,22+,23-,24+,26+,27+,28?,29+/m1/s1. The van der Waals surface area contributed by atoms with E-state index in [0.29, 0.717) is 44.1 Å². The van der Waals surface area contributed by atoms with Crippen LogP contribution >= 0.6 is 0 Å². The van der Waals surface area contributed by atoms with Gasteiger partial charge in [0.2, 0.25) is 0 Å². The Labute approximate surface area is 220 Å². The molecule has 210 valence electrons. The Morgan fingerprint density at radius 1 is 1.16 bits per heavy atom. The number of ketones is 1. The van der Waals surface area contributed by atoms with E-state index in [1.54, 1.807) is 26.8 Å². The van der Waals surface area contributed by atoms with Crippen LogP contribution in [0.1, 0.15) is 92.9 Å². The van der Waals surface area contributed by atoms with Gasteiger partial charge in [0.05, 0.1) is 29.0 Å². The summed E-state index contributed by atoms with van der Waals surface area (Å²) in [5, 5.41) is 55.9. The molecule has 4 aliphatic rings. The molecule has 0 radical (unpaired) electrons. The number of aliphatic hydroxyl groups excluding tert-OH is 2. The molecule has 1 unspecified atom stereocenters. The van der Waals surface area contributed by atoms with Crippen molar-refractivity contribution in [3.05, 3.63) is 11.6 Å². The Balaban J connectivity index is 1.64. The van der Waals surface area contributed by atoms with Crippen LogP contribution in [0.2, 0.25) is 0 Å². The van der Waals surface area contributed by atoms with Crippen LogP contribution < -0.4 is 0 Å². The molecule has 3 saturated carbocycles. The lowest BCUT2D eigenvalue weighted by molar-refractivity contribution is -0.182. The van der Waals surface area contributed by atoms with Crippen molar-refractivity contribution in [3.8, 4) is 0 Å². The normalized spacial score (nSPS) is 44.1. The van der Waals surface area contributed by atoms with E-state index in [4.69, 9.17) is 4.74 Å². The van der Waals surface area contributed by atoms with Gasteiger partial charge in [-0.15, -0.1) is 0 Å². The molecule has 5 N–H and O–H groups in total. The molecule has 0 aromatic heterocycles. The molecule has 8 heteroatoms. The Bertz CT molecular complexity index is 965. The summed E-state index contributed by atoms with van der Waals surface area (Å²) in [5.74, 6) is -1.54. The molecule has 0 saturated heterocycles. The van der Waals surface area contributed by atoms with Crippen molar-refractivity contribution in [2.45, 2.75) is 128 Å². The smallest absolute Gasteiger partial charge is 0.302 e. The van der Waals surface area contributed by atoms with Crippen molar-refractivity contribution in [2.75, 3.05) is 0 Å². The zero-order chi connectivity index (χ0) is 27.8. The summed E-state index contributed by atoms with van der Waals surface area (Å²) in [6.45, 7) is 10.2. The number of aliphatic hydroxyl groups is 5. The first kappa shape index (κ1) is 28.7. The Hall–Kier alpha value is -1.32. The number of carbonyl (C=O) groups is 2. The van der Waals surface area contributed by atoms with Crippen LogP contribution in [0.3, 0.4) is 0 Å². The molecular formula is C29H46O8. The predicted octanol–water partition coefficient (Wildman–Crippen LogP) is 2.42. The molecule has 0 aromatic carbocycles. The number of ether oxygens (including phenoxy) is 1. The first-order valence-corrected chi connectivity index (χ1v) is 13.8. The molecule has 0 aromatic rings. The van der Waals surface area contributed by atoms with Gasteiger partial charge in [-0.1, -0.05) is 13.8 Å². The lowest BCUT2D eigenvalue weighted by atomic mass is 9.45. The summed E-state index contributed by atoms with van der Waals surface area (Å²) in [6, 6.07) is 0. The fourth-order valence-electron chi connectivity index (χ4n) is 8.65. The van der Waals surface area contributed by atoms with Crippen LogP contribution in [0.4, 0.5) is 0 Å². The van der Waals surface area contributed by atoms with E-state index in [2.05, 4.69) is 0 Å². The van der Waals surface area contributed by atoms with Gasteiger partial charge in [-0.05, 0) is 101 Å². The van der Waals surface area contributed by atoms with Gasteiger partial charge in [-0.2, -0.15) is 0 Å². The molecule has 8 nitrogen and oxygen atoms in total. The molecule has 0 heterocycles. The topological polar surface area (TPSA) is 145 Å². The van der Waals surface area contributed by atoms with Crippen LogP contribution in [0.15, 0.2) is 11.6 Å². The van der Waals surface area contributed by atoms with Crippen molar-refractivity contribution in [1.29, 1.82) is 0 Å². The zero-order valence-corrected chi connectivity index (χ0v) is 23.2. The molecule has 4 aliphatic carbocycles. The highest BCUT2D eigenvalue weighted by Gasteiger charge is 2.69. The number of fused-ring (bicyclic) bond motifs is 5. The average molecular weight is 523 g/mol. The second kappa shape index (κ2) is 9.12. The monoisotopic (exact) mass is 522 g/mol. The van der Waals surface area contributed by atoms with Crippen molar-refractivity contribution in [2.24, 2.45) is 28.6 Å². The van der Waals surface area contributed by atoms with Gasteiger partial charge in [-0.25, -0.2) is 0 Å². The van der Waals surface area contributed by atoms with Gasteiger partial charge >= 0.3 is 5.97 Å². The Kier molecular flexibility index (Phi) is 7.07. The van der Waals surface area contributed by atoms with Crippen LogP contribution in [-0.2, 0) is 14.3 Å². The summed E-state index contributed by atoms with van der Waals surface area (Å²) in [4.78, 5) is 25.0. The quantitative estimate of drug-likeness (QED) is 0.335. The number of carbonyl (C=O) groups excluding carboxylic acids is 2. The zero-order valence-electron chi connectivity index (χ0n) is 23.2. The molecular weight excluding hydrogens is 476 g/mol. The summed E-state index contributed by atoms with van der Waals surface area (Å²) >= 11 is 0. The SMILES string of the molecule is CC(=O)O[C@H]1C[C@@H]2C(=O)C=C3[C@@H](CC[C@@]4(C)[C@H](C(C)(O)[C@@H](O)CCC(C)(C)O)CC[C@]34O)[C@]2(C)C[C@H]1O. The minimum Gasteiger partial charge on any atom is -0.460 e. The number of allylic oxidation sites excluding steroid dienone is 1. The summed E-state index contributed by atoms with van der Waals surface area (Å²) in [6.07, 6.45) is 2.19. The van der Waals surface area contributed by atoms with Gasteiger partial charge < -0.3 is 30.3 Å². The first-order chi connectivity index (χ1) is 16.9. The highest BCUT2D eigenvalue weighted by Crippen LogP contribution is 2.68. The van der Waals surface area contributed by atoms with E-state index in [0.717, 1.165) is 0 Å². The molecule has 0 bridgehead atoms. The second-order valence-corrected chi connectivity index (χ2v) is 13.8. The van der Waals surface area contributed by atoms with Gasteiger partial charge in [0, 0.05) is 18.3 Å². The van der Waals surface area contributed by atoms with Crippen molar-refractivity contribution in [1.82, 2.24) is 0 Å². The van der Waals surface area contributed by atoms with Gasteiger partial charge in [0.1, 0.15) is 6.10 Å². The van der Waals surface area contributed by atoms with Crippen LogP contribution in [0, 0.1) is 28.6 Å². The van der Waals surface area contributed by atoms with E-state index in [-0.39, 0.29) is 24.5 Å². The summed E-state index contributed by atoms with van der Waals surface area (Å²) in [7, 11) is 0. The molecule has 10 atom stereocenters. The van der Waals surface area contributed by atoms with Crippen molar-refractivity contribution >= 4 is 11.8 Å². The third-order valence-electron chi connectivity index (χ3n) is 10.8. The number of hydrogen-bond donors (Lipinski definition) is 5. The third-order valence-corrected chi connectivity index (χ3v) is 10.8. The minimum absolute atomic E-state index is 0.115. The summed E-state index contributed by atoms with van der Waals surface area (Å²) in [5.41, 5.74) is -4.42. The van der Waals surface area contributed by atoms with Crippen molar-refractivity contribution in [3.63, 3.8) is 0 Å². The van der Waals surface area contributed by atoms with E-state index in [1.165, 1.54) is 6.92 Å². The maximum absolute atomic E-state index is 13.5. The lowest BCUT2D eigenvalue weighted by Crippen LogP contribution is -2.63. The maximum atomic E-state index is 13.5. The number of esters is 1. The minimum atomic E-state index is -1.48. The highest BCUT2D eigenvalue weighted by molar-refractivity contribution is 5.95. The Morgan fingerprint density at radius 3 is 2.41 bits per heavy atom. The highest BCUT2D eigenvalue weighted by atomic mass is 16.6. The first-order valence-electron chi connectivity index (χ1n) is 13.8. The third kappa shape index (κ3) is 4.50. The van der Waals surface area contributed by atoms with Crippen molar-refractivity contribution < 1.29 is 39.9 Å². The van der Waals surface area contributed by atoms with Gasteiger partial charge in [0.25, 0.3) is 0 Å². The fourth-order valence-corrected chi connectivity index (χ4v) is 8.65. The van der Waals surface area contributed by atoms with Gasteiger partial charge in [0.15, 0.2) is 5.78 Å². The van der Waals surface area contributed by atoms with E-state index in [9.17, 15) is 35.1 Å². The molecule has 3 fully saturated rings. The van der Waals surface area contributed by atoms with Gasteiger partial charge in [-0.3, -0.25) is 9.59 Å². The van der Waals surface area contributed by atoms with E-state index in [1.807, 2.05) is 13.8 Å². The van der Waals surface area contributed by atoms with Crippen LogP contribution in [-0.4, -0.2) is 72.4 Å². The molecule has 0 aliphatic heterocycles. The summed E-state index contributed by atoms with van der Waals surface area (Å²) < 4.78 is 5.32. The van der Waals surface area contributed by atoms with E-state index >= 15 is 0 Å². The maximum Gasteiger partial charge on any atom is 0.302 e. The van der Waals surface area contributed by atoms with E-state index < -0.39 is 63.8 Å². The molecule has 4 rings (SSSR count). The number of hydrogen-bond acceptors (Lipinski definition) is 8. The Morgan fingerprint density at radius 2 is 1.81 bits per heavy atom. The van der Waals surface area contributed by atoms with Crippen LogP contribution in [0.25, 0.3) is 0 Å².